The molecule has 2 rings (SSSR count). The van der Waals surface area contributed by atoms with Gasteiger partial charge in [0.25, 0.3) is 0 Å². The molecule has 0 fully saturated rings. The van der Waals surface area contributed by atoms with Crippen LogP contribution in [-0.2, 0) is 0 Å². The predicted octanol–water partition coefficient (Wildman–Crippen LogP) is 2.84. The molecule has 2 aromatic rings. The van der Waals surface area contributed by atoms with Crippen LogP contribution in [0.25, 0.3) is 10.8 Å². The van der Waals surface area contributed by atoms with Crippen molar-refractivity contribution in [2.75, 3.05) is 0 Å². The highest BCUT2D eigenvalue weighted by atomic mass is 32.1. The van der Waals surface area contributed by atoms with Crippen LogP contribution in [-0.4, -0.2) is 0 Å². The predicted molar refractivity (Wildman–Crippen MR) is 40.6 cm³/mol. The van der Waals surface area contributed by atoms with Gasteiger partial charge in [0.2, 0.25) is 0 Å². The number of thiophene rings is 1. The molecule has 0 unspecified atom stereocenters. The molecule has 1 heterocycles. The fourth-order valence-electron chi connectivity index (χ4n) is 0.898. The lowest BCUT2D eigenvalue weighted by Gasteiger charge is -1.87. The monoisotopic (exact) mass is 151 g/mol. The maximum absolute atomic E-state index is 12.8. The van der Waals surface area contributed by atoms with Crippen molar-refractivity contribution in [2.24, 2.45) is 0 Å². The number of hydrogen-bond donors (Lipinski definition) is 0. The fourth-order valence-corrected chi connectivity index (χ4v) is 1.62. The number of rotatable bonds is 0. The molecule has 0 saturated carbocycles. The summed E-state index contributed by atoms with van der Waals surface area (Å²) >= 11 is 1.40. The highest BCUT2D eigenvalue weighted by molar-refractivity contribution is 7.08. The van der Waals surface area contributed by atoms with Crippen LogP contribution < -0.4 is 0 Å². The van der Waals surface area contributed by atoms with Crippen molar-refractivity contribution < 1.29 is 4.39 Å². The number of halogens is 1. The minimum absolute atomic E-state index is 0.157. The lowest BCUT2D eigenvalue weighted by molar-refractivity contribution is 0.640. The molecule has 1 aromatic heterocycles. The molecule has 1 radical (unpaired) electrons. The summed E-state index contributed by atoms with van der Waals surface area (Å²) in [6, 6.07) is 5.01. The SMILES string of the molecule is Fc1cccc2[c]scc12. The fraction of sp³-hybridized carbons (Fsp3) is 0. The van der Waals surface area contributed by atoms with Gasteiger partial charge in [-0.05, 0) is 6.07 Å². The lowest BCUT2D eigenvalue weighted by atomic mass is 10.2. The topological polar surface area (TPSA) is 0 Å². The van der Waals surface area contributed by atoms with Crippen molar-refractivity contribution in [3.8, 4) is 0 Å². The van der Waals surface area contributed by atoms with Gasteiger partial charge in [-0.1, -0.05) is 12.1 Å². The Hall–Kier alpha value is -0.890. The van der Waals surface area contributed by atoms with Crippen LogP contribution in [0.5, 0.6) is 0 Å². The lowest BCUT2D eigenvalue weighted by Crippen LogP contribution is -1.70. The molecule has 1 aromatic carbocycles. The summed E-state index contributed by atoms with van der Waals surface area (Å²) in [6.45, 7) is 0. The van der Waals surface area contributed by atoms with E-state index in [1.165, 1.54) is 17.4 Å². The van der Waals surface area contributed by atoms with Crippen LogP contribution in [0.3, 0.4) is 0 Å². The molecule has 0 N–H and O–H groups in total. The van der Waals surface area contributed by atoms with Gasteiger partial charge < -0.3 is 0 Å². The van der Waals surface area contributed by atoms with Crippen LogP contribution in [0.15, 0.2) is 23.6 Å². The molecule has 0 spiro atoms. The molecule has 0 aliphatic carbocycles. The first-order chi connectivity index (χ1) is 4.88. The van der Waals surface area contributed by atoms with E-state index in [1.807, 2.05) is 6.07 Å². The third-order valence-corrected chi connectivity index (χ3v) is 2.09. The Morgan fingerprint density at radius 1 is 1.40 bits per heavy atom. The van der Waals surface area contributed by atoms with E-state index >= 15 is 0 Å². The standard InChI is InChI=1S/C8H4FS/c9-8-3-1-2-6-4-10-5-7(6)8/h1-3,5H. The van der Waals surface area contributed by atoms with E-state index in [9.17, 15) is 4.39 Å². The molecular weight excluding hydrogens is 147 g/mol. The van der Waals surface area contributed by atoms with E-state index in [-0.39, 0.29) is 5.82 Å². The third-order valence-electron chi connectivity index (χ3n) is 1.40. The summed E-state index contributed by atoms with van der Waals surface area (Å²) < 4.78 is 12.8. The Bertz CT molecular complexity index is 351. The van der Waals surface area contributed by atoms with Crippen LogP contribution in [0.4, 0.5) is 4.39 Å². The summed E-state index contributed by atoms with van der Waals surface area (Å²) in [7, 11) is 0. The number of hydrogen-bond acceptors (Lipinski definition) is 1. The maximum atomic E-state index is 12.8. The zero-order valence-corrected chi connectivity index (χ0v) is 5.91. The molecule has 0 saturated heterocycles. The number of benzene rings is 1. The summed E-state index contributed by atoms with van der Waals surface area (Å²) in [6.07, 6.45) is 0. The Balaban J connectivity index is 2.95. The first-order valence-corrected chi connectivity index (χ1v) is 3.79. The summed E-state index contributed by atoms with van der Waals surface area (Å²) in [5, 5.41) is 6.27. The van der Waals surface area contributed by atoms with E-state index < -0.39 is 0 Å². The van der Waals surface area contributed by atoms with E-state index in [0.29, 0.717) is 5.39 Å². The molecule has 0 bridgehead atoms. The molecule has 49 valence electrons. The minimum atomic E-state index is -0.157. The van der Waals surface area contributed by atoms with Crippen molar-refractivity contribution in [1.29, 1.82) is 0 Å². The van der Waals surface area contributed by atoms with E-state index in [2.05, 4.69) is 5.38 Å². The largest absolute Gasteiger partial charge is 0.206 e. The maximum Gasteiger partial charge on any atom is 0.131 e. The van der Waals surface area contributed by atoms with Gasteiger partial charge in [0.15, 0.2) is 0 Å². The normalized spacial score (nSPS) is 10.5. The summed E-state index contributed by atoms with van der Waals surface area (Å²) in [4.78, 5) is 0. The van der Waals surface area contributed by atoms with Crippen LogP contribution >= 0.6 is 11.3 Å². The molecule has 0 aliphatic heterocycles. The van der Waals surface area contributed by atoms with E-state index in [0.717, 1.165) is 5.39 Å². The van der Waals surface area contributed by atoms with Gasteiger partial charge in [0, 0.05) is 16.2 Å². The molecule has 0 atom stereocenters. The smallest absolute Gasteiger partial charge is 0.131 e. The second-order valence-corrected chi connectivity index (χ2v) is 2.71. The zero-order chi connectivity index (χ0) is 6.97. The minimum Gasteiger partial charge on any atom is -0.206 e. The van der Waals surface area contributed by atoms with Crippen LogP contribution in [0.2, 0.25) is 0 Å². The van der Waals surface area contributed by atoms with Crippen LogP contribution in [0, 0.1) is 11.2 Å². The second-order valence-electron chi connectivity index (χ2n) is 2.04. The highest BCUT2D eigenvalue weighted by Crippen LogP contribution is 2.20. The van der Waals surface area contributed by atoms with Crippen LogP contribution in [0.1, 0.15) is 0 Å². The molecule has 0 aliphatic rings. The van der Waals surface area contributed by atoms with Gasteiger partial charge in [-0.2, -0.15) is 0 Å². The van der Waals surface area contributed by atoms with Crippen molar-refractivity contribution in [3.63, 3.8) is 0 Å². The summed E-state index contributed by atoms with van der Waals surface area (Å²) in [5.74, 6) is -0.157. The van der Waals surface area contributed by atoms with E-state index in [4.69, 9.17) is 0 Å². The Morgan fingerprint density at radius 2 is 2.30 bits per heavy atom. The van der Waals surface area contributed by atoms with Crippen molar-refractivity contribution >= 4 is 22.1 Å². The van der Waals surface area contributed by atoms with Gasteiger partial charge in [0.1, 0.15) is 5.82 Å². The molecule has 0 nitrogen and oxygen atoms in total. The first-order valence-electron chi connectivity index (χ1n) is 2.91. The molecular formula is C8H4FS. The Morgan fingerprint density at radius 3 is 3.10 bits per heavy atom. The first kappa shape index (κ1) is 5.86. The molecule has 0 amide bonds. The van der Waals surface area contributed by atoms with Gasteiger partial charge in [-0.15, -0.1) is 11.3 Å². The third kappa shape index (κ3) is 0.727. The van der Waals surface area contributed by atoms with Crippen molar-refractivity contribution in [2.45, 2.75) is 0 Å². The molecule has 10 heavy (non-hydrogen) atoms. The van der Waals surface area contributed by atoms with Crippen molar-refractivity contribution in [1.82, 2.24) is 0 Å². The molecule has 2 heteroatoms. The van der Waals surface area contributed by atoms with Gasteiger partial charge in [0.05, 0.1) is 5.38 Å². The quantitative estimate of drug-likeness (QED) is 0.543. The van der Waals surface area contributed by atoms with Gasteiger partial charge in [-0.25, -0.2) is 4.39 Å². The number of fused-ring (bicyclic) bond motifs is 1. The second kappa shape index (κ2) is 2.06. The van der Waals surface area contributed by atoms with E-state index in [1.54, 1.807) is 11.4 Å². The Labute approximate surface area is 61.9 Å². The summed E-state index contributed by atoms with van der Waals surface area (Å²) in [5.41, 5.74) is 0. The van der Waals surface area contributed by atoms with Gasteiger partial charge >= 0.3 is 0 Å². The highest BCUT2D eigenvalue weighted by Gasteiger charge is 1.98. The average molecular weight is 151 g/mol. The average Bonchev–Trinajstić information content (AvgIpc) is 2.36. The Kier molecular flexibility index (Phi) is 1.21. The van der Waals surface area contributed by atoms with Gasteiger partial charge in [-0.3, -0.25) is 0 Å². The van der Waals surface area contributed by atoms with Crippen molar-refractivity contribution in [3.05, 3.63) is 34.8 Å². The zero-order valence-electron chi connectivity index (χ0n) is 5.10.